The second-order valence-corrected chi connectivity index (χ2v) is 3.78. The first-order chi connectivity index (χ1) is 6.79. The fourth-order valence-electron chi connectivity index (χ4n) is 1.13. The number of nitrogens with one attached hydrogen (secondary N) is 1. The molecule has 14 heavy (non-hydrogen) atoms. The topological polar surface area (TPSA) is 63.8 Å². The molecule has 0 aliphatic rings. The van der Waals surface area contributed by atoms with Gasteiger partial charge in [-0.15, -0.1) is 10.2 Å². The van der Waals surface area contributed by atoms with E-state index in [4.69, 9.17) is 5.73 Å². The van der Waals surface area contributed by atoms with E-state index in [1.165, 1.54) is 11.3 Å². The number of nitrogens with zero attached hydrogens (tertiary/aromatic N) is 2. The summed E-state index contributed by atoms with van der Waals surface area (Å²) in [5, 5.41) is 12.1. The molecule has 4 nitrogen and oxygen atoms in total. The monoisotopic (exact) mass is 206 g/mol. The maximum absolute atomic E-state index is 5.50. The first kappa shape index (κ1) is 8.96. The predicted molar refractivity (Wildman–Crippen MR) is 59.3 cm³/mol. The zero-order valence-electron chi connectivity index (χ0n) is 7.69. The second-order valence-electron chi connectivity index (χ2n) is 2.77. The molecule has 2 rings (SSSR count). The van der Waals surface area contributed by atoms with Crippen LogP contribution in [0.1, 0.15) is 0 Å². The van der Waals surface area contributed by atoms with Gasteiger partial charge in [0, 0.05) is 18.3 Å². The Bertz CT molecular complexity index is 421. The molecule has 3 N–H and O–H groups in total. The molecule has 0 aliphatic carbocycles. The van der Waals surface area contributed by atoms with Gasteiger partial charge >= 0.3 is 0 Å². The summed E-state index contributed by atoms with van der Waals surface area (Å²) >= 11 is 1.39. The van der Waals surface area contributed by atoms with Crippen LogP contribution in [0.4, 0.5) is 10.8 Å². The van der Waals surface area contributed by atoms with Gasteiger partial charge in [0.1, 0.15) is 5.01 Å². The highest BCUT2D eigenvalue weighted by molar-refractivity contribution is 7.18. The Morgan fingerprint density at radius 3 is 2.43 bits per heavy atom. The molecule has 72 valence electrons. The second kappa shape index (κ2) is 3.63. The summed E-state index contributed by atoms with van der Waals surface area (Å²) in [4.78, 5) is 0. The number of nitrogens with two attached hydrogens (primary N) is 1. The molecule has 0 aliphatic heterocycles. The van der Waals surface area contributed by atoms with E-state index >= 15 is 0 Å². The zero-order chi connectivity index (χ0) is 9.97. The molecular weight excluding hydrogens is 196 g/mol. The zero-order valence-corrected chi connectivity index (χ0v) is 8.51. The Morgan fingerprint density at radius 1 is 1.21 bits per heavy atom. The van der Waals surface area contributed by atoms with Crippen molar-refractivity contribution < 1.29 is 0 Å². The summed E-state index contributed by atoms with van der Waals surface area (Å²) in [7, 11) is 1.89. The van der Waals surface area contributed by atoms with Gasteiger partial charge in [-0.05, 0) is 24.3 Å². The van der Waals surface area contributed by atoms with E-state index < -0.39 is 0 Å². The summed E-state index contributed by atoms with van der Waals surface area (Å²) in [6.07, 6.45) is 0. The third-order valence-electron chi connectivity index (χ3n) is 1.86. The third kappa shape index (κ3) is 1.67. The van der Waals surface area contributed by atoms with Crippen molar-refractivity contribution in [1.29, 1.82) is 0 Å². The third-order valence-corrected chi connectivity index (χ3v) is 2.66. The molecule has 0 spiro atoms. The van der Waals surface area contributed by atoms with E-state index in [1.54, 1.807) is 0 Å². The SMILES string of the molecule is CNc1ccc(-c2nnc(N)s2)cc1. The van der Waals surface area contributed by atoms with Crippen molar-refractivity contribution in [3.63, 3.8) is 0 Å². The summed E-state index contributed by atoms with van der Waals surface area (Å²) in [6, 6.07) is 7.97. The van der Waals surface area contributed by atoms with Gasteiger partial charge in [-0.3, -0.25) is 0 Å². The number of rotatable bonds is 2. The van der Waals surface area contributed by atoms with Crippen molar-refractivity contribution in [3.05, 3.63) is 24.3 Å². The molecule has 0 atom stereocenters. The number of benzene rings is 1. The van der Waals surface area contributed by atoms with E-state index in [-0.39, 0.29) is 0 Å². The van der Waals surface area contributed by atoms with Crippen LogP contribution in [-0.4, -0.2) is 17.2 Å². The first-order valence-corrected chi connectivity index (χ1v) is 4.98. The average molecular weight is 206 g/mol. The van der Waals surface area contributed by atoms with Crippen molar-refractivity contribution in [2.45, 2.75) is 0 Å². The van der Waals surface area contributed by atoms with E-state index in [1.807, 2.05) is 31.3 Å². The standard InChI is InChI=1S/C9H10N4S/c1-11-7-4-2-6(3-5-7)8-12-13-9(10)14-8/h2-5,11H,1H3,(H2,10,13). The molecule has 0 bridgehead atoms. The minimum absolute atomic E-state index is 0.498. The van der Waals surface area contributed by atoms with E-state index in [2.05, 4.69) is 15.5 Å². The lowest BCUT2D eigenvalue weighted by Crippen LogP contribution is -1.86. The van der Waals surface area contributed by atoms with Crippen LogP contribution in [0.15, 0.2) is 24.3 Å². The van der Waals surface area contributed by atoms with Crippen molar-refractivity contribution in [1.82, 2.24) is 10.2 Å². The molecule has 0 saturated heterocycles. The number of nitrogen functional groups attached to an aromatic ring is 1. The summed E-state index contributed by atoms with van der Waals surface area (Å²) in [5.74, 6) is 0. The van der Waals surface area contributed by atoms with Crippen LogP contribution in [0.5, 0.6) is 0 Å². The number of aromatic nitrogens is 2. The molecular formula is C9H10N4S. The van der Waals surface area contributed by atoms with Gasteiger partial charge in [0.2, 0.25) is 5.13 Å². The largest absolute Gasteiger partial charge is 0.388 e. The number of hydrogen-bond acceptors (Lipinski definition) is 5. The maximum Gasteiger partial charge on any atom is 0.203 e. The minimum Gasteiger partial charge on any atom is -0.388 e. The molecule has 5 heteroatoms. The fourth-order valence-corrected chi connectivity index (χ4v) is 1.75. The van der Waals surface area contributed by atoms with Gasteiger partial charge in [0.05, 0.1) is 0 Å². The summed E-state index contributed by atoms with van der Waals surface area (Å²) in [5.41, 5.74) is 7.62. The summed E-state index contributed by atoms with van der Waals surface area (Å²) in [6.45, 7) is 0. The van der Waals surface area contributed by atoms with E-state index in [0.29, 0.717) is 5.13 Å². The Hall–Kier alpha value is -1.62. The highest BCUT2D eigenvalue weighted by Crippen LogP contribution is 2.25. The summed E-state index contributed by atoms with van der Waals surface area (Å²) < 4.78 is 0. The van der Waals surface area contributed by atoms with Crippen LogP contribution in [0.25, 0.3) is 10.6 Å². The van der Waals surface area contributed by atoms with Crippen molar-refractivity contribution >= 4 is 22.2 Å². The molecule has 0 radical (unpaired) electrons. The fraction of sp³-hybridized carbons (Fsp3) is 0.111. The van der Waals surface area contributed by atoms with Crippen molar-refractivity contribution in [2.75, 3.05) is 18.1 Å². The van der Waals surface area contributed by atoms with Crippen LogP contribution in [-0.2, 0) is 0 Å². The lowest BCUT2D eigenvalue weighted by molar-refractivity contribution is 1.10. The van der Waals surface area contributed by atoms with E-state index in [0.717, 1.165) is 16.3 Å². The average Bonchev–Trinajstić information content (AvgIpc) is 2.65. The maximum atomic E-state index is 5.50. The van der Waals surface area contributed by atoms with Gasteiger partial charge in [-0.25, -0.2) is 0 Å². The molecule has 0 amide bonds. The quantitative estimate of drug-likeness (QED) is 0.786. The van der Waals surface area contributed by atoms with Gasteiger partial charge in [-0.2, -0.15) is 0 Å². The van der Waals surface area contributed by atoms with Crippen LogP contribution in [0.2, 0.25) is 0 Å². The predicted octanol–water partition coefficient (Wildman–Crippen LogP) is 1.83. The lowest BCUT2D eigenvalue weighted by Gasteiger charge is -1.99. The number of anilines is 2. The lowest BCUT2D eigenvalue weighted by atomic mass is 10.2. The molecule has 0 saturated carbocycles. The van der Waals surface area contributed by atoms with Gasteiger partial charge in [-0.1, -0.05) is 11.3 Å². The molecule has 1 heterocycles. The Labute approximate surface area is 85.8 Å². The van der Waals surface area contributed by atoms with Crippen molar-refractivity contribution in [2.24, 2.45) is 0 Å². The van der Waals surface area contributed by atoms with Crippen LogP contribution in [0, 0.1) is 0 Å². The first-order valence-electron chi connectivity index (χ1n) is 4.17. The Morgan fingerprint density at radius 2 is 1.93 bits per heavy atom. The Balaban J connectivity index is 2.33. The normalized spacial score (nSPS) is 10.1. The minimum atomic E-state index is 0.498. The highest BCUT2D eigenvalue weighted by Gasteiger charge is 2.03. The van der Waals surface area contributed by atoms with E-state index in [9.17, 15) is 0 Å². The smallest absolute Gasteiger partial charge is 0.203 e. The van der Waals surface area contributed by atoms with Crippen LogP contribution in [0.3, 0.4) is 0 Å². The molecule has 1 aromatic carbocycles. The van der Waals surface area contributed by atoms with Gasteiger partial charge < -0.3 is 11.1 Å². The van der Waals surface area contributed by atoms with Gasteiger partial charge in [0.25, 0.3) is 0 Å². The molecule has 2 aromatic rings. The van der Waals surface area contributed by atoms with Crippen LogP contribution < -0.4 is 11.1 Å². The van der Waals surface area contributed by atoms with Crippen molar-refractivity contribution in [3.8, 4) is 10.6 Å². The molecule has 0 unspecified atom stereocenters. The van der Waals surface area contributed by atoms with Crippen LogP contribution >= 0.6 is 11.3 Å². The molecule has 0 fully saturated rings. The number of hydrogen-bond donors (Lipinski definition) is 2. The Kier molecular flexibility index (Phi) is 2.32. The molecule has 1 aromatic heterocycles. The highest BCUT2D eigenvalue weighted by atomic mass is 32.1. The van der Waals surface area contributed by atoms with Gasteiger partial charge in [0.15, 0.2) is 0 Å².